The smallest absolute Gasteiger partial charge is 0.225 e. The number of carbonyl (C=O) groups excluding carboxylic acids is 1. The third kappa shape index (κ3) is 4.35. The lowest BCUT2D eigenvalue weighted by Crippen LogP contribution is -2.49. The van der Waals surface area contributed by atoms with Crippen molar-refractivity contribution in [3.8, 4) is 5.88 Å². The number of nitrogens with one attached hydrogen (secondary N) is 1. The van der Waals surface area contributed by atoms with Crippen molar-refractivity contribution < 1.29 is 17.9 Å². The van der Waals surface area contributed by atoms with Crippen molar-refractivity contribution in [3.63, 3.8) is 0 Å². The van der Waals surface area contributed by atoms with E-state index in [1.54, 1.807) is 23.2 Å². The number of carbonyl (C=O) groups is 1. The van der Waals surface area contributed by atoms with Crippen molar-refractivity contribution in [2.75, 3.05) is 20.2 Å². The van der Waals surface area contributed by atoms with Crippen molar-refractivity contribution in [1.29, 1.82) is 0 Å². The van der Waals surface area contributed by atoms with Gasteiger partial charge in [-0.2, -0.15) is 0 Å². The van der Waals surface area contributed by atoms with Gasteiger partial charge < -0.3 is 9.64 Å². The molecule has 1 aromatic heterocycles. The third-order valence-electron chi connectivity index (χ3n) is 5.34. The van der Waals surface area contributed by atoms with Crippen LogP contribution in [0, 0.1) is 5.92 Å². The third-order valence-corrected chi connectivity index (χ3v) is 7.15. The lowest BCUT2D eigenvalue weighted by atomic mass is 10.0. The van der Waals surface area contributed by atoms with Crippen LogP contribution < -0.4 is 9.46 Å². The predicted molar refractivity (Wildman–Crippen MR) is 98.1 cm³/mol. The zero-order chi connectivity index (χ0) is 18.6. The first-order chi connectivity index (χ1) is 12.5. The molecule has 3 rings (SSSR count). The van der Waals surface area contributed by atoms with Crippen LogP contribution in [-0.2, 0) is 21.4 Å². The van der Waals surface area contributed by atoms with Crippen LogP contribution in [0.2, 0.25) is 0 Å². The molecule has 1 aliphatic carbocycles. The Bertz CT molecular complexity index is 732. The SMILES string of the molecule is COc1ncccc1CNS(=O)(=O)C1CCCN(C(=O)C2CCCC2)C1. The summed E-state index contributed by atoms with van der Waals surface area (Å²) in [6.45, 7) is 1.08. The van der Waals surface area contributed by atoms with Crippen LogP contribution in [0.15, 0.2) is 18.3 Å². The number of nitrogens with zero attached hydrogens (tertiary/aromatic N) is 2. The Balaban J connectivity index is 1.62. The minimum absolute atomic E-state index is 0.0871. The fraction of sp³-hybridized carbons (Fsp3) is 0.667. The highest BCUT2D eigenvalue weighted by Crippen LogP contribution is 2.28. The number of pyridine rings is 1. The molecule has 8 heteroatoms. The second-order valence-electron chi connectivity index (χ2n) is 7.07. The van der Waals surface area contributed by atoms with Gasteiger partial charge in [0.1, 0.15) is 0 Å². The molecule has 26 heavy (non-hydrogen) atoms. The van der Waals surface area contributed by atoms with Crippen molar-refractivity contribution in [2.45, 2.75) is 50.3 Å². The molecule has 144 valence electrons. The molecule has 1 atom stereocenters. The second-order valence-corrected chi connectivity index (χ2v) is 9.11. The van der Waals surface area contributed by atoms with Gasteiger partial charge in [0.2, 0.25) is 21.8 Å². The van der Waals surface area contributed by atoms with Crippen LogP contribution in [0.5, 0.6) is 5.88 Å². The molecule has 1 amide bonds. The van der Waals surface area contributed by atoms with Crippen molar-refractivity contribution >= 4 is 15.9 Å². The van der Waals surface area contributed by atoms with Crippen LogP contribution >= 0.6 is 0 Å². The van der Waals surface area contributed by atoms with E-state index in [0.717, 1.165) is 32.1 Å². The van der Waals surface area contributed by atoms with Gasteiger partial charge in [0.15, 0.2) is 0 Å². The number of sulfonamides is 1. The van der Waals surface area contributed by atoms with E-state index in [1.807, 2.05) is 0 Å². The minimum atomic E-state index is -3.52. The molecule has 0 spiro atoms. The standard InChI is InChI=1S/C18H27N3O4S/c1-25-17-15(8-4-10-19-17)12-20-26(23,24)16-9-5-11-21(13-16)18(22)14-6-2-3-7-14/h4,8,10,14,16,20H,2-3,5-7,9,11-13H2,1H3. The Morgan fingerprint density at radius 2 is 2.08 bits per heavy atom. The van der Waals surface area contributed by atoms with Gasteiger partial charge in [0.25, 0.3) is 0 Å². The van der Waals surface area contributed by atoms with E-state index in [0.29, 0.717) is 24.4 Å². The molecule has 0 radical (unpaired) electrons. The van der Waals surface area contributed by atoms with Gasteiger partial charge in [-0.15, -0.1) is 0 Å². The maximum atomic E-state index is 12.7. The monoisotopic (exact) mass is 381 g/mol. The number of likely N-dealkylation sites (tertiary alicyclic amines) is 1. The molecule has 0 bridgehead atoms. The number of hydrogen-bond acceptors (Lipinski definition) is 5. The second kappa shape index (κ2) is 8.35. The molecule has 2 heterocycles. The lowest BCUT2D eigenvalue weighted by molar-refractivity contribution is -0.136. The number of piperidine rings is 1. The number of aromatic nitrogens is 1. The highest BCUT2D eigenvalue weighted by Gasteiger charge is 2.35. The highest BCUT2D eigenvalue weighted by molar-refractivity contribution is 7.90. The molecule has 1 aliphatic heterocycles. The molecule has 1 saturated heterocycles. The number of ether oxygens (including phenoxy) is 1. The zero-order valence-electron chi connectivity index (χ0n) is 15.2. The van der Waals surface area contributed by atoms with E-state index in [-0.39, 0.29) is 24.9 Å². The maximum Gasteiger partial charge on any atom is 0.225 e. The Morgan fingerprint density at radius 3 is 2.81 bits per heavy atom. The number of hydrogen-bond donors (Lipinski definition) is 1. The molecule has 0 aromatic carbocycles. The molecule has 7 nitrogen and oxygen atoms in total. The summed E-state index contributed by atoms with van der Waals surface area (Å²) in [5.74, 6) is 0.636. The van der Waals surface area contributed by atoms with Crippen LogP contribution in [0.4, 0.5) is 0 Å². The summed E-state index contributed by atoms with van der Waals surface area (Å²) < 4.78 is 33.3. The summed E-state index contributed by atoms with van der Waals surface area (Å²) in [5.41, 5.74) is 0.688. The van der Waals surface area contributed by atoms with Crippen LogP contribution in [-0.4, -0.2) is 49.7 Å². The van der Waals surface area contributed by atoms with Crippen molar-refractivity contribution in [1.82, 2.24) is 14.6 Å². The molecular formula is C18H27N3O4S. The summed E-state index contributed by atoms with van der Waals surface area (Å²) in [6, 6.07) is 3.53. The van der Waals surface area contributed by atoms with E-state index < -0.39 is 15.3 Å². The molecule has 1 unspecified atom stereocenters. The topological polar surface area (TPSA) is 88.6 Å². The van der Waals surface area contributed by atoms with Crippen molar-refractivity contribution in [3.05, 3.63) is 23.9 Å². The van der Waals surface area contributed by atoms with E-state index in [2.05, 4.69) is 9.71 Å². The van der Waals surface area contributed by atoms with Gasteiger partial charge in [-0.1, -0.05) is 18.9 Å². The Kier molecular flexibility index (Phi) is 6.13. The largest absolute Gasteiger partial charge is 0.481 e. The average molecular weight is 381 g/mol. The van der Waals surface area contributed by atoms with Gasteiger partial charge in [-0.3, -0.25) is 4.79 Å². The summed E-state index contributed by atoms with van der Waals surface area (Å²) >= 11 is 0. The summed E-state index contributed by atoms with van der Waals surface area (Å²) in [5, 5.41) is -0.565. The predicted octanol–water partition coefficient (Wildman–Crippen LogP) is 1.69. The quantitative estimate of drug-likeness (QED) is 0.810. The van der Waals surface area contributed by atoms with Gasteiger partial charge in [-0.05, 0) is 31.7 Å². The van der Waals surface area contributed by atoms with E-state index >= 15 is 0 Å². The summed E-state index contributed by atoms with van der Waals surface area (Å²) in [6.07, 6.45) is 6.97. The summed E-state index contributed by atoms with van der Waals surface area (Å²) in [4.78, 5) is 18.5. The van der Waals surface area contributed by atoms with E-state index in [1.165, 1.54) is 7.11 Å². The first-order valence-electron chi connectivity index (χ1n) is 9.26. The first-order valence-corrected chi connectivity index (χ1v) is 10.8. The molecule has 2 aliphatic rings. The van der Waals surface area contributed by atoms with Crippen LogP contribution in [0.25, 0.3) is 0 Å². The fourth-order valence-electron chi connectivity index (χ4n) is 3.86. The molecule has 1 saturated carbocycles. The Morgan fingerprint density at radius 1 is 1.31 bits per heavy atom. The van der Waals surface area contributed by atoms with Crippen LogP contribution in [0.1, 0.15) is 44.1 Å². The molecule has 1 aromatic rings. The minimum Gasteiger partial charge on any atom is -0.481 e. The number of rotatable bonds is 6. The Hall–Kier alpha value is -1.67. The Labute approximate surface area is 155 Å². The van der Waals surface area contributed by atoms with Gasteiger partial charge in [0.05, 0.1) is 12.4 Å². The zero-order valence-corrected chi connectivity index (χ0v) is 16.0. The lowest BCUT2D eigenvalue weighted by Gasteiger charge is -2.34. The molecule has 2 fully saturated rings. The van der Waals surface area contributed by atoms with Gasteiger partial charge in [-0.25, -0.2) is 18.1 Å². The number of amides is 1. The average Bonchev–Trinajstić information content (AvgIpc) is 3.21. The van der Waals surface area contributed by atoms with E-state index in [4.69, 9.17) is 4.74 Å². The molecular weight excluding hydrogens is 354 g/mol. The highest BCUT2D eigenvalue weighted by atomic mass is 32.2. The van der Waals surface area contributed by atoms with E-state index in [9.17, 15) is 13.2 Å². The maximum absolute atomic E-state index is 12.7. The fourth-order valence-corrected chi connectivity index (χ4v) is 5.31. The first kappa shape index (κ1) is 19.1. The van der Waals surface area contributed by atoms with Crippen LogP contribution in [0.3, 0.4) is 0 Å². The molecule has 1 N–H and O–H groups in total. The van der Waals surface area contributed by atoms with Gasteiger partial charge in [0, 0.05) is 37.3 Å². The summed E-state index contributed by atoms with van der Waals surface area (Å²) in [7, 11) is -2.02. The number of methoxy groups -OCH3 is 1. The van der Waals surface area contributed by atoms with Crippen molar-refractivity contribution in [2.24, 2.45) is 5.92 Å². The normalized spacial score (nSPS) is 21.7. The van der Waals surface area contributed by atoms with Gasteiger partial charge >= 0.3 is 0 Å².